The van der Waals surface area contributed by atoms with Crippen molar-refractivity contribution in [1.29, 1.82) is 0 Å². The van der Waals surface area contributed by atoms with Crippen molar-refractivity contribution in [1.82, 2.24) is 15.0 Å². The Morgan fingerprint density at radius 1 is 0.906 bits per heavy atom. The molecule has 0 aliphatic heterocycles. The summed E-state index contributed by atoms with van der Waals surface area (Å²) in [4.78, 5) is 26.4. The topological polar surface area (TPSA) is 91.8 Å². The second kappa shape index (κ2) is 10.1. The summed E-state index contributed by atoms with van der Waals surface area (Å²) in [6.45, 7) is 0. The Kier molecular flexibility index (Phi) is 6.84. The highest BCUT2D eigenvalue weighted by atomic mass is 35.5. The van der Waals surface area contributed by atoms with Gasteiger partial charge in [0.1, 0.15) is 5.03 Å². The second-order valence-corrected chi connectivity index (χ2v) is 8.09. The molecule has 160 valence electrons. The summed E-state index contributed by atoms with van der Waals surface area (Å²) in [5.41, 5.74) is 3.00. The molecular weight excluding hydrogens is 444 g/mol. The number of amides is 2. The van der Waals surface area contributed by atoms with Gasteiger partial charge in [-0.2, -0.15) is 0 Å². The first-order valence-electron chi connectivity index (χ1n) is 9.68. The van der Waals surface area contributed by atoms with E-state index in [4.69, 9.17) is 11.6 Å². The summed E-state index contributed by atoms with van der Waals surface area (Å²) in [7, 11) is 1.78. The number of carbonyl (C=O) groups is 1. The van der Waals surface area contributed by atoms with Gasteiger partial charge in [0.05, 0.1) is 5.69 Å². The molecule has 3 N–H and O–H groups in total. The van der Waals surface area contributed by atoms with Gasteiger partial charge in [0, 0.05) is 46.3 Å². The van der Waals surface area contributed by atoms with Crippen LogP contribution in [-0.2, 0) is 0 Å². The maximum absolute atomic E-state index is 12.2. The van der Waals surface area contributed by atoms with Crippen molar-refractivity contribution in [3.8, 4) is 11.3 Å². The number of benzene rings is 2. The third-order valence-corrected chi connectivity index (χ3v) is 5.60. The van der Waals surface area contributed by atoms with E-state index in [2.05, 4.69) is 30.9 Å². The van der Waals surface area contributed by atoms with Gasteiger partial charge < -0.3 is 16.0 Å². The molecular formula is C23H19ClN6OS. The first-order chi connectivity index (χ1) is 15.6. The molecule has 0 saturated heterocycles. The van der Waals surface area contributed by atoms with Crippen molar-refractivity contribution in [2.45, 2.75) is 9.92 Å². The van der Waals surface area contributed by atoms with Crippen LogP contribution in [0, 0.1) is 0 Å². The Balaban J connectivity index is 1.45. The van der Waals surface area contributed by atoms with Crippen molar-refractivity contribution in [2.75, 3.05) is 23.0 Å². The van der Waals surface area contributed by atoms with E-state index in [1.165, 1.54) is 11.8 Å². The van der Waals surface area contributed by atoms with Crippen molar-refractivity contribution < 1.29 is 4.79 Å². The van der Waals surface area contributed by atoms with Gasteiger partial charge in [0.2, 0.25) is 5.95 Å². The van der Waals surface area contributed by atoms with Crippen molar-refractivity contribution in [2.24, 2.45) is 0 Å². The molecule has 2 amide bonds. The zero-order valence-corrected chi connectivity index (χ0v) is 18.6. The number of nitrogens with zero attached hydrogens (tertiary/aromatic N) is 3. The largest absolute Gasteiger partial charge is 0.357 e. The number of urea groups is 1. The molecule has 2 aromatic heterocycles. The zero-order valence-electron chi connectivity index (χ0n) is 17.0. The predicted molar refractivity (Wildman–Crippen MR) is 129 cm³/mol. The predicted octanol–water partition coefficient (Wildman–Crippen LogP) is 6.03. The Bertz CT molecular complexity index is 1240. The summed E-state index contributed by atoms with van der Waals surface area (Å²) >= 11 is 7.47. The van der Waals surface area contributed by atoms with Crippen LogP contribution in [0.15, 0.2) is 89.0 Å². The van der Waals surface area contributed by atoms with E-state index in [1.807, 2.05) is 42.5 Å². The van der Waals surface area contributed by atoms with Gasteiger partial charge in [0.25, 0.3) is 0 Å². The first-order valence-corrected chi connectivity index (χ1v) is 10.9. The summed E-state index contributed by atoms with van der Waals surface area (Å²) in [6.07, 6.45) is 3.46. The molecule has 0 bridgehead atoms. The van der Waals surface area contributed by atoms with Crippen molar-refractivity contribution in [3.63, 3.8) is 0 Å². The van der Waals surface area contributed by atoms with E-state index >= 15 is 0 Å². The molecule has 0 aliphatic carbocycles. The van der Waals surface area contributed by atoms with Crippen molar-refractivity contribution >= 4 is 46.7 Å². The molecule has 7 nitrogen and oxygen atoms in total. The van der Waals surface area contributed by atoms with E-state index in [0.717, 1.165) is 21.2 Å². The normalized spacial score (nSPS) is 10.4. The molecule has 0 unspecified atom stereocenters. The highest BCUT2D eigenvalue weighted by Crippen LogP contribution is 2.34. The Labute approximate surface area is 194 Å². The average molecular weight is 463 g/mol. The van der Waals surface area contributed by atoms with Gasteiger partial charge in [-0.05, 0) is 60.7 Å². The van der Waals surface area contributed by atoms with Crippen LogP contribution in [0.3, 0.4) is 0 Å². The number of aromatic nitrogens is 3. The molecule has 0 aliphatic rings. The van der Waals surface area contributed by atoms with Crippen LogP contribution in [0.1, 0.15) is 0 Å². The van der Waals surface area contributed by atoms with Crippen LogP contribution in [0.5, 0.6) is 0 Å². The van der Waals surface area contributed by atoms with Gasteiger partial charge in [-0.15, -0.1) is 0 Å². The van der Waals surface area contributed by atoms with Crippen LogP contribution in [0.4, 0.5) is 22.1 Å². The highest BCUT2D eigenvalue weighted by Gasteiger charge is 2.11. The maximum Gasteiger partial charge on any atom is 0.323 e. The Morgan fingerprint density at radius 3 is 2.50 bits per heavy atom. The smallest absolute Gasteiger partial charge is 0.323 e. The third kappa shape index (κ3) is 5.54. The van der Waals surface area contributed by atoms with Crippen LogP contribution in [0.2, 0.25) is 5.02 Å². The average Bonchev–Trinajstić information content (AvgIpc) is 2.81. The number of hydrogen-bond donors (Lipinski definition) is 3. The second-order valence-electron chi connectivity index (χ2n) is 6.59. The summed E-state index contributed by atoms with van der Waals surface area (Å²) in [6, 6.07) is 19.9. The van der Waals surface area contributed by atoms with E-state index in [0.29, 0.717) is 22.3 Å². The van der Waals surface area contributed by atoms with E-state index < -0.39 is 0 Å². The summed E-state index contributed by atoms with van der Waals surface area (Å²) in [5.74, 6) is 0.550. The number of anilines is 3. The van der Waals surface area contributed by atoms with E-state index in [-0.39, 0.29) is 6.03 Å². The number of nitrogens with one attached hydrogen (secondary N) is 3. The lowest BCUT2D eigenvalue weighted by Crippen LogP contribution is -2.19. The van der Waals surface area contributed by atoms with Gasteiger partial charge in [0.15, 0.2) is 0 Å². The molecule has 4 rings (SSSR count). The van der Waals surface area contributed by atoms with Crippen LogP contribution < -0.4 is 16.0 Å². The third-order valence-electron chi connectivity index (χ3n) is 4.34. The molecule has 0 atom stereocenters. The highest BCUT2D eigenvalue weighted by molar-refractivity contribution is 7.99. The molecule has 0 saturated carbocycles. The lowest BCUT2D eigenvalue weighted by atomic mass is 10.2. The van der Waals surface area contributed by atoms with E-state index in [9.17, 15) is 4.79 Å². The lowest BCUT2D eigenvalue weighted by molar-refractivity contribution is 0.262. The molecule has 4 aromatic rings. The Hall–Kier alpha value is -3.62. The van der Waals surface area contributed by atoms with Gasteiger partial charge >= 0.3 is 6.03 Å². The fourth-order valence-electron chi connectivity index (χ4n) is 2.87. The lowest BCUT2D eigenvalue weighted by Gasteiger charge is -2.10. The number of rotatable bonds is 6. The molecule has 0 spiro atoms. The van der Waals surface area contributed by atoms with Crippen LogP contribution in [0.25, 0.3) is 11.3 Å². The summed E-state index contributed by atoms with van der Waals surface area (Å²) < 4.78 is 0. The number of halogens is 1. The minimum Gasteiger partial charge on any atom is -0.357 e. The standard InChI is InChI=1S/C23H19ClN6OS/c1-25-22-27-13-11-20(30-22)19-6-3-12-26-21(19)32-18-9-7-16(8-10-18)28-23(31)29-17-5-2-4-15(24)14-17/h2-14H,1H3,(H,25,27,30)(H2,28,29,31). The maximum atomic E-state index is 12.2. The molecule has 32 heavy (non-hydrogen) atoms. The van der Waals surface area contributed by atoms with Gasteiger partial charge in [-0.1, -0.05) is 29.4 Å². The fourth-order valence-corrected chi connectivity index (χ4v) is 3.96. The molecule has 2 heterocycles. The van der Waals surface area contributed by atoms with Crippen LogP contribution in [-0.4, -0.2) is 28.0 Å². The first kappa shape index (κ1) is 21.6. The van der Waals surface area contributed by atoms with Crippen LogP contribution >= 0.6 is 23.4 Å². The minimum absolute atomic E-state index is 0.344. The molecule has 9 heteroatoms. The monoisotopic (exact) mass is 462 g/mol. The quantitative estimate of drug-likeness (QED) is 0.324. The van der Waals surface area contributed by atoms with Gasteiger partial charge in [-0.3, -0.25) is 0 Å². The van der Waals surface area contributed by atoms with E-state index in [1.54, 1.807) is 43.7 Å². The number of carbonyl (C=O) groups excluding carboxylic acids is 1. The SMILES string of the molecule is CNc1nccc(-c2cccnc2Sc2ccc(NC(=O)Nc3cccc(Cl)c3)cc2)n1. The number of pyridine rings is 1. The zero-order chi connectivity index (χ0) is 22.3. The molecule has 2 aromatic carbocycles. The minimum atomic E-state index is -0.344. The van der Waals surface area contributed by atoms with Gasteiger partial charge in [-0.25, -0.2) is 19.7 Å². The molecule has 0 radical (unpaired) electrons. The molecule has 0 fully saturated rings. The Morgan fingerprint density at radius 2 is 1.72 bits per heavy atom. The van der Waals surface area contributed by atoms with Crippen molar-refractivity contribution in [3.05, 3.63) is 84.1 Å². The number of hydrogen-bond acceptors (Lipinski definition) is 6. The summed E-state index contributed by atoms with van der Waals surface area (Å²) in [5, 5.41) is 9.90. The fraction of sp³-hybridized carbons (Fsp3) is 0.0435.